The van der Waals surface area contributed by atoms with Crippen molar-refractivity contribution in [1.29, 1.82) is 0 Å². The first-order valence-electron chi connectivity index (χ1n) is 4.30. The van der Waals surface area contributed by atoms with E-state index in [1.54, 1.807) is 0 Å². The van der Waals surface area contributed by atoms with Crippen LogP contribution in [0.15, 0.2) is 23.2 Å². The van der Waals surface area contributed by atoms with Gasteiger partial charge in [0, 0.05) is 19.2 Å². The number of aromatic nitrogens is 1. The average molecular weight is 231 g/mol. The molecule has 0 atom stereocenters. The van der Waals surface area contributed by atoms with Gasteiger partial charge in [0.25, 0.3) is 0 Å². The van der Waals surface area contributed by atoms with Crippen LogP contribution in [-0.2, 0) is 10.0 Å². The fraction of sp³-hybridized carbons (Fsp3) is 0.375. The number of pyridine rings is 1. The van der Waals surface area contributed by atoms with E-state index in [9.17, 15) is 8.42 Å². The molecule has 1 aromatic rings. The lowest BCUT2D eigenvalue weighted by Crippen LogP contribution is -2.29. The SMILES string of the molecule is COc1ccc(S(=O)(=O)NCCN)cn1. The van der Waals surface area contributed by atoms with Gasteiger partial charge in [-0.1, -0.05) is 0 Å². The van der Waals surface area contributed by atoms with Crippen molar-refractivity contribution in [3.8, 4) is 5.88 Å². The highest BCUT2D eigenvalue weighted by Crippen LogP contribution is 2.11. The minimum absolute atomic E-state index is 0.0942. The molecule has 84 valence electrons. The predicted octanol–water partition coefficient (Wildman–Crippen LogP) is -0.673. The molecule has 0 aromatic carbocycles. The summed E-state index contributed by atoms with van der Waals surface area (Å²) >= 11 is 0. The molecule has 3 N–H and O–H groups in total. The molecule has 0 saturated heterocycles. The molecule has 0 saturated carbocycles. The molecule has 0 amide bonds. The van der Waals surface area contributed by atoms with Gasteiger partial charge in [0.1, 0.15) is 4.90 Å². The van der Waals surface area contributed by atoms with Crippen LogP contribution < -0.4 is 15.2 Å². The van der Waals surface area contributed by atoms with Crippen LogP contribution in [0.1, 0.15) is 0 Å². The van der Waals surface area contributed by atoms with Gasteiger partial charge in [0.2, 0.25) is 15.9 Å². The van der Waals surface area contributed by atoms with Crippen molar-refractivity contribution in [3.63, 3.8) is 0 Å². The molecule has 0 unspecified atom stereocenters. The van der Waals surface area contributed by atoms with E-state index in [4.69, 9.17) is 10.5 Å². The van der Waals surface area contributed by atoms with Gasteiger partial charge in [-0.3, -0.25) is 0 Å². The van der Waals surface area contributed by atoms with Crippen LogP contribution in [0, 0.1) is 0 Å². The minimum Gasteiger partial charge on any atom is -0.481 e. The Balaban J connectivity index is 2.86. The second-order valence-electron chi connectivity index (χ2n) is 2.72. The smallest absolute Gasteiger partial charge is 0.242 e. The fourth-order valence-electron chi connectivity index (χ4n) is 0.923. The molecule has 1 heterocycles. The minimum atomic E-state index is -3.50. The van der Waals surface area contributed by atoms with Gasteiger partial charge in [0.05, 0.1) is 13.3 Å². The molecular formula is C8H13N3O3S. The molecule has 1 aromatic heterocycles. The fourth-order valence-corrected chi connectivity index (χ4v) is 1.91. The van der Waals surface area contributed by atoms with Gasteiger partial charge >= 0.3 is 0 Å². The Morgan fingerprint density at radius 2 is 2.27 bits per heavy atom. The van der Waals surface area contributed by atoms with Crippen LogP contribution in [0.5, 0.6) is 5.88 Å². The lowest BCUT2D eigenvalue weighted by molar-refractivity contribution is 0.397. The molecule has 0 aliphatic carbocycles. The number of hydrogen-bond donors (Lipinski definition) is 2. The van der Waals surface area contributed by atoms with Crippen molar-refractivity contribution >= 4 is 10.0 Å². The van der Waals surface area contributed by atoms with Crippen molar-refractivity contribution in [3.05, 3.63) is 18.3 Å². The number of nitrogens with one attached hydrogen (secondary N) is 1. The first-order valence-corrected chi connectivity index (χ1v) is 5.78. The van der Waals surface area contributed by atoms with Crippen molar-refractivity contribution in [2.45, 2.75) is 4.90 Å². The summed E-state index contributed by atoms with van der Waals surface area (Å²) < 4.78 is 30.2. The Morgan fingerprint density at radius 3 is 2.73 bits per heavy atom. The third kappa shape index (κ3) is 3.15. The monoisotopic (exact) mass is 231 g/mol. The molecule has 0 aliphatic heterocycles. The van der Waals surface area contributed by atoms with E-state index in [-0.39, 0.29) is 18.0 Å². The van der Waals surface area contributed by atoms with Gasteiger partial charge in [0.15, 0.2) is 0 Å². The Kier molecular flexibility index (Phi) is 4.01. The molecule has 0 aliphatic rings. The molecule has 0 spiro atoms. The summed E-state index contributed by atoms with van der Waals surface area (Å²) in [6.45, 7) is 0.456. The summed E-state index contributed by atoms with van der Waals surface area (Å²) in [6.07, 6.45) is 1.23. The third-order valence-electron chi connectivity index (χ3n) is 1.67. The number of methoxy groups -OCH3 is 1. The second kappa shape index (κ2) is 5.06. The van der Waals surface area contributed by atoms with Gasteiger partial charge in [-0.25, -0.2) is 18.1 Å². The molecule has 0 bridgehead atoms. The van der Waals surface area contributed by atoms with E-state index in [1.165, 1.54) is 25.4 Å². The highest BCUT2D eigenvalue weighted by molar-refractivity contribution is 7.89. The summed E-state index contributed by atoms with van der Waals surface area (Å²) in [5.74, 6) is 0.368. The van der Waals surface area contributed by atoms with E-state index < -0.39 is 10.0 Å². The maximum absolute atomic E-state index is 11.5. The standard InChI is InChI=1S/C8H13N3O3S/c1-14-8-3-2-7(6-10-8)15(12,13)11-5-4-9/h2-3,6,11H,4-5,9H2,1H3. The second-order valence-corrected chi connectivity index (χ2v) is 4.49. The quantitative estimate of drug-likeness (QED) is 0.700. The number of sulfonamides is 1. The number of nitrogens with zero attached hydrogens (tertiary/aromatic N) is 1. The van der Waals surface area contributed by atoms with Crippen molar-refractivity contribution in [1.82, 2.24) is 9.71 Å². The molecule has 6 nitrogen and oxygen atoms in total. The summed E-state index contributed by atoms with van der Waals surface area (Å²) in [5, 5.41) is 0. The average Bonchev–Trinajstić information content (AvgIpc) is 2.26. The topological polar surface area (TPSA) is 94.3 Å². The largest absolute Gasteiger partial charge is 0.481 e. The summed E-state index contributed by atoms with van der Waals surface area (Å²) in [5.41, 5.74) is 5.20. The lowest BCUT2D eigenvalue weighted by atomic mass is 10.5. The third-order valence-corrected chi connectivity index (χ3v) is 3.11. The van der Waals surface area contributed by atoms with Gasteiger partial charge in [-0.05, 0) is 6.07 Å². The van der Waals surface area contributed by atoms with Gasteiger partial charge < -0.3 is 10.5 Å². The van der Waals surface area contributed by atoms with Crippen LogP contribution >= 0.6 is 0 Å². The van der Waals surface area contributed by atoms with Crippen LogP contribution in [0.4, 0.5) is 0 Å². The number of ether oxygens (including phenoxy) is 1. The number of nitrogens with two attached hydrogens (primary N) is 1. The van der Waals surface area contributed by atoms with Crippen molar-refractivity contribution in [2.24, 2.45) is 5.73 Å². The summed E-state index contributed by atoms with van der Waals surface area (Å²) in [6, 6.07) is 2.90. The van der Waals surface area contributed by atoms with Crippen molar-refractivity contribution in [2.75, 3.05) is 20.2 Å². The Labute approximate surface area is 88.5 Å². The summed E-state index contributed by atoms with van der Waals surface area (Å²) in [7, 11) is -2.03. The molecule has 0 radical (unpaired) electrons. The van der Waals surface area contributed by atoms with E-state index in [2.05, 4.69) is 9.71 Å². The zero-order valence-corrected chi connectivity index (χ0v) is 9.12. The first kappa shape index (κ1) is 11.9. The van der Waals surface area contributed by atoms with E-state index in [0.717, 1.165) is 0 Å². The van der Waals surface area contributed by atoms with Gasteiger partial charge in [-0.2, -0.15) is 0 Å². The molecule has 15 heavy (non-hydrogen) atoms. The van der Waals surface area contributed by atoms with E-state index in [1.807, 2.05) is 0 Å². The van der Waals surface area contributed by atoms with Crippen LogP contribution in [-0.4, -0.2) is 33.6 Å². The zero-order valence-electron chi connectivity index (χ0n) is 8.30. The Morgan fingerprint density at radius 1 is 1.53 bits per heavy atom. The lowest BCUT2D eigenvalue weighted by Gasteiger charge is -2.05. The Bertz CT molecular complexity index is 402. The zero-order chi connectivity index (χ0) is 11.3. The van der Waals surface area contributed by atoms with E-state index >= 15 is 0 Å². The first-order chi connectivity index (χ1) is 7.10. The maximum atomic E-state index is 11.5. The Hall–Kier alpha value is -1.18. The number of rotatable bonds is 5. The summed E-state index contributed by atoms with van der Waals surface area (Å²) in [4.78, 5) is 3.89. The molecule has 0 fully saturated rings. The maximum Gasteiger partial charge on any atom is 0.242 e. The van der Waals surface area contributed by atoms with Crippen molar-refractivity contribution < 1.29 is 13.2 Å². The predicted molar refractivity (Wildman–Crippen MR) is 55.0 cm³/mol. The van der Waals surface area contributed by atoms with Crippen LogP contribution in [0.25, 0.3) is 0 Å². The van der Waals surface area contributed by atoms with E-state index in [0.29, 0.717) is 5.88 Å². The van der Waals surface area contributed by atoms with Crippen LogP contribution in [0.3, 0.4) is 0 Å². The van der Waals surface area contributed by atoms with Gasteiger partial charge in [-0.15, -0.1) is 0 Å². The normalized spacial score (nSPS) is 11.3. The number of hydrogen-bond acceptors (Lipinski definition) is 5. The molecular weight excluding hydrogens is 218 g/mol. The molecule has 7 heteroatoms. The highest BCUT2D eigenvalue weighted by Gasteiger charge is 2.13. The highest BCUT2D eigenvalue weighted by atomic mass is 32.2. The molecule has 1 rings (SSSR count). The van der Waals surface area contributed by atoms with Crippen LogP contribution in [0.2, 0.25) is 0 Å².